The van der Waals surface area contributed by atoms with Crippen LogP contribution in [0.3, 0.4) is 0 Å². The van der Waals surface area contributed by atoms with Crippen LogP contribution < -0.4 is 15.0 Å². The third-order valence-electron chi connectivity index (χ3n) is 3.30. The van der Waals surface area contributed by atoms with Crippen molar-refractivity contribution in [2.24, 2.45) is 0 Å². The van der Waals surface area contributed by atoms with E-state index in [0.29, 0.717) is 6.61 Å². The molecule has 3 rings (SSSR count). The first-order valence-corrected chi connectivity index (χ1v) is 6.72. The van der Waals surface area contributed by atoms with E-state index < -0.39 is 0 Å². The van der Waals surface area contributed by atoms with E-state index in [9.17, 15) is 0 Å². The molecule has 98 valence electrons. The summed E-state index contributed by atoms with van der Waals surface area (Å²) in [5.41, 5.74) is 3.53. The van der Waals surface area contributed by atoms with E-state index in [2.05, 4.69) is 46.6 Å². The number of hydrogen-bond acceptors (Lipinski definition) is 3. The van der Waals surface area contributed by atoms with Crippen molar-refractivity contribution >= 4 is 17.1 Å². The fourth-order valence-electron chi connectivity index (χ4n) is 2.49. The molecule has 0 amide bonds. The molecule has 0 aromatic heterocycles. The van der Waals surface area contributed by atoms with E-state index in [-0.39, 0.29) is 0 Å². The summed E-state index contributed by atoms with van der Waals surface area (Å²) in [4.78, 5) is 2.32. The molecule has 19 heavy (non-hydrogen) atoms. The maximum atomic E-state index is 5.74. The van der Waals surface area contributed by atoms with Gasteiger partial charge in [0.15, 0.2) is 0 Å². The Morgan fingerprint density at radius 3 is 2.63 bits per heavy atom. The Hall–Kier alpha value is -2.16. The highest BCUT2D eigenvalue weighted by atomic mass is 16.5. The molecule has 1 aliphatic heterocycles. The number of ether oxygens (including phenoxy) is 1. The predicted octanol–water partition coefficient (Wildman–Crippen LogP) is 3.65. The van der Waals surface area contributed by atoms with Gasteiger partial charge in [0.25, 0.3) is 0 Å². The molecule has 3 nitrogen and oxygen atoms in total. The summed E-state index contributed by atoms with van der Waals surface area (Å²) in [6.45, 7) is 4.59. The number of nitrogens with zero attached hydrogens (tertiary/aromatic N) is 1. The molecule has 1 heterocycles. The van der Waals surface area contributed by atoms with Crippen molar-refractivity contribution in [1.82, 2.24) is 0 Å². The third kappa shape index (κ3) is 2.24. The molecule has 0 saturated carbocycles. The molecule has 2 aromatic rings. The molecule has 0 saturated heterocycles. The van der Waals surface area contributed by atoms with Crippen molar-refractivity contribution in [3.05, 3.63) is 48.5 Å². The van der Waals surface area contributed by atoms with Crippen LogP contribution in [-0.2, 0) is 0 Å². The van der Waals surface area contributed by atoms with Crippen LogP contribution in [0.2, 0.25) is 0 Å². The molecular formula is C16H18N2O. The summed E-state index contributed by atoms with van der Waals surface area (Å²) in [7, 11) is 0. The standard InChI is InChI=1S/C16H18N2O/c1-2-19-16-10-6-5-9-15(16)18-12-11-17-13-7-3-4-8-14(13)18/h3-10,17H,2,11-12H2,1H3. The van der Waals surface area contributed by atoms with E-state index in [0.717, 1.165) is 24.5 Å². The minimum atomic E-state index is 0.685. The lowest BCUT2D eigenvalue weighted by Crippen LogP contribution is -2.30. The summed E-state index contributed by atoms with van der Waals surface area (Å²) < 4.78 is 5.74. The zero-order valence-corrected chi connectivity index (χ0v) is 11.1. The first kappa shape index (κ1) is 11.9. The SMILES string of the molecule is CCOc1ccccc1N1CCNc2ccccc21. The number of anilines is 3. The predicted molar refractivity (Wildman–Crippen MR) is 79.5 cm³/mol. The van der Waals surface area contributed by atoms with Crippen LogP contribution in [0.5, 0.6) is 5.75 Å². The first-order valence-electron chi connectivity index (χ1n) is 6.72. The van der Waals surface area contributed by atoms with Crippen molar-refractivity contribution in [3.8, 4) is 5.75 Å². The summed E-state index contributed by atoms with van der Waals surface area (Å²) in [5.74, 6) is 0.946. The van der Waals surface area contributed by atoms with Crippen LogP contribution >= 0.6 is 0 Å². The van der Waals surface area contributed by atoms with Gasteiger partial charge in [-0.3, -0.25) is 0 Å². The average Bonchev–Trinajstić information content (AvgIpc) is 2.48. The van der Waals surface area contributed by atoms with Gasteiger partial charge in [0.2, 0.25) is 0 Å². The Balaban J connectivity index is 2.04. The number of nitrogens with one attached hydrogen (secondary N) is 1. The summed E-state index contributed by atoms with van der Waals surface area (Å²) >= 11 is 0. The van der Waals surface area contributed by atoms with Gasteiger partial charge in [0.05, 0.1) is 23.7 Å². The minimum Gasteiger partial charge on any atom is -0.492 e. The fourth-order valence-corrected chi connectivity index (χ4v) is 2.49. The van der Waals surface area contributed by atoms with Crippen LogP contribution in [0.4, 0.5) is 17.1 Å². The van der Waals surface area contributed by atoms with E-state index in [1.54, 1.807) is 0 Å². The second-order valence-corrected chi connectivity index (χ2v) is 4.50. The summed E-state index contributed by atoms with van der Waals surface area (Å²) in [6, 6.07) is 16.6. The lowest BCUT2D eigenvalue weighted by molar-refractivity contribution is 0.341. The normalized spacial score (nSPS) is 13.6. The topological polar surface area (TPSA) is 24.5 Å². The van der Waals surface area contributed by atoms with Gasteiger partial charge in [-0.2, -0.15) is 0 Å². The Morgan fingerprint density at radius 1 is 1.05 bits per heavy atom. The van der Waals surface area contributed by atoms with Gasteiger partial charge in [-0.05, 0) is 31.2 Å². The van der Waals surface area contributed by atoms with Gasteiger partial charge >= 0.3 is 0 Å². The molecule has 0 unspecified atom stereocenters. The second-order valence-electron chi connectivity index (χ2n) is 4.50. The lowest BCUT2D eigenvalue weighted by atomic mass is 10.1. The second kappa shape index (κ2) is 5.22. The van der Waals surface area contributed by atoms with E-state index in [1.165, 1.54) is 11.4 Å². The zero-order chi connectivity index (χ0) is 13.1. The number of rotatable bonds is 3. The van der Waals surface area contributed by atoms with Gasteiger partial charge in [-0.15, -0.1) is 0 Å². The highest BCUT2D eigenvalue weighted by Crippen LogP contribution is 2.38. The Bertz CT molecular complexity index is 568. The molecule has 0 aliphatic carbocycles. The Kier molecular flexibility index (Phi) is 3.27. The molecule has 0 atom stereocenters. The smallest absolute Gasteiger partial charge is 0.142 e. The highest BCUT2D eigenvalue weighted by Gasteiger charge is 2.19. The molecule has 0 radical (unpaired) electrons. The lowest BCUT2D eigenvalue weighted by Gasteiger charge is -2.33. The molecular weight excluding hydrogens is 236 g/mol. The van der Waals surface area contributed by atoms with Crippen molar-refractivity contribution in [1.29, 1.82) is 0 Å². The maximum Gasteiger partial charge on any atom is 0.142 e. The molecule has 1 aliphatic rings. The molecule has 1 N–H and O–H groups in total. The van der Waals surface area contributed by atoms with Crippen molar-refractivity contribution in [3.63, 3.8) is 0 Å². The van der Waals surface area contributed by atoms with Crippen LogP contribution in [-0.4, -0.2) is 19.7 Å². The maximum absolute atomic E-state index is 5.74. The van der Waals surface area contributed by atoms with Crippen LogP contribution in [0.25, 0.3) is 0 Å². The number of hydrogen-bond donors (Lipinski definition) is 1. The van der Waals surface area contributed by atoms with Crippen molar-refractivity contribution in [2.45, 2.75) is 6.92 Å². The Morgan fingerprint density at radius 2 is 1.79 bits per heavy atom. The van der Waals surface area contributed by atoms with Crippen LogP contribution in [0.1, 0.15) is 6.92 Å². The molecule has 0 fully saturated rings. The van der Waals surface area contributed by atoms with Gasteiger partial charge in [-0.25, -0.2) is 0 Å². The van der Waals surface area contributed by atoms with E-state index in [1.807, 2.05) is 19.1 Å². The van der Waals surface area contributed by atoms with Gasteiger partial charge in [0.1, 0.15) is 5.75 Å². The number of benzene rings is 2. The van der Waals surface area contributed by atoms with Crippen LogP contribution in [0, 0.1) is 0 Å². The van der Waals surface area contributed by atoms with E-state index >= 15 is 0 Å². The fraction of sp³-hybridized carbons (Fsp3) is 0.250. The number of para-hydroxylation sites is 4. The van der Waals surface area contributed by atoms with Crippen LogP contribution in [0.15, 0.2) is 48.5 Å². The zero-order valence-electron chi connectivity index (χ0n) is 11.1. The Labute approximate surface area is 113 Å². The quantitative estimate of drug-likeness (QED) is 0.904. The van der Waals surface area contributed by atoms with Crippen molar-refractivity contribution in [2.75, 3.05) is 29.9 Å². The molecule has 0 bridgehead atoms. The van der Waals surface area contributed by atoms with Gasteiger partial charge in [0, 0.05) is 13.1 Å². The minimum absolute atomic E-state index is 0.685. The highest BCUT2D eigenvalue weighted by molar-refractivity contribution is 5.80. The van der Waals surface area contributed by atoms with E-state index in [4.69, 9.17) is 4.74 Å². The average molecular weight is 254 g/mol. The molecule has 0 spiro atoms. The first-order chi connectivity index (χ1) is 9.40. The largest absolute Gasteiger partial charge is 0.492 e. The van der Waals surface area contributed by atoms with Gasteiger partial charge in [-0.1, -0.05) is 24.3 Å². The summed E-state index contributed by atoms with van der Waals surface area (Å²) in [5, 5.41) is 3.43. The van der Waals surface area contributed by atoms with Crippen molar-refractivity contribution < 1.29 is 4.74 Å². The number of fused-ring (bicyclic) bond motifs is 1. The van der Waals surface area contributed by atoms with Gasteiger partial charge < -0.3 is 15.0 Å². The monoisotopic (exact) mass is 254 g/mol. The molecule has 2 aromatic carbocycles. The molecule has 3 heteroatoms. The third-order valence-corrected chi connectivity index (χ3v) is 3.30. The summed E-state index contributed by atoms with van der Waals surface area (Å²) in [6.07, 6.45) is 0.